The van der Waals surface area contributed by atoms with Crippen LogP contribution in [-0.4, -0.2) is 9.13 Å². The third-order valence-electron chi connectivity index (χ3n) is 6.06. The summed E-state index contributed by atoms with van der Waals surface area (Å²) in [5.41, 5.74) is 7.27. The topological polar surface area (TPSA) is 17.6 Å². The summed E-state index contributed by atoms with van der Waals surface area (Å²) in [6, 6.07) is 38.3. The lowest BCUT2D eigenvalue weighted by molar-refractivity contribution is -0.569. The van der Waals surface area contributed by atoms with Gasteiger partial charge in [0.1, 0.15) is 24.5 Å². The third kappa shape index (κ3) is 4.31. The molecule has 0 saturated heterocycles. The second-order valence-corrected chi connectivity index (χ2v) is 8.01. The SMILES string of the molecule is [Br-].[Br-].c1ccc(-[n+]2cn(CCn3c[n+](-c4ccccc4)c4ccccc43)c3ccccc32)cc1. The van der Waals surface area contributed by atoms with Gasteiger partial charge in [0.05, 0.1) is 0 Å². The first-order valence-corrected chi connectivity index (χ1v) is 11.0. The van der Waals surface area contributed by atoms with Gasteiger partial charge in [-0.15, -0.1) is 0 Å². The Morgan fingerprint density at radius 3 is 1.21 bits per heavy atom. The number of nitrogens with zero attached hydrogens (tertiary/aromatic N) is 4. The summed E-state index contributed by atoms with van der Waals surface area (Å²) in [6.45, 7) is 1.77. The Morgan fingerprint density at radius 1 is 0.441 bits per heavy atom. The molecule has 34 heavy (non-hydrogen) atoms. The molecule has 4 aromatic carbocycles. The molecule has 0 radical (unpaired) electrons. The van der Waals surface area contributed by atoms with Crippen LogP contribution in [0.1, 0.15) is 0 Å². The van der Waals surface area contributed by atoms with Crippen LogP contribution in [-0.2, 0) is 13.1 Å². The number of rotatable bonds is 5. The molecule has 0 amide bonds. The minimum absolute atomic E-state index is 0. The van der Waals surface area contributed by atoms with Crippen LogP contribution in [0.25, 0.3) is 33.4 Å². The van der Waals surface area contributed by atoms with E-state index in [2.05, 4.69) is 140 Å². The van der Waals surface area contributed by atoms with E-state index in [1.165, 1.54) is 33.4 Å². The molecule has 6 heteroatoms. The maximum Gasteiger partial charge on any atom is 0.250 e. The van der Waals surface area contributed by atoms with Crippen molar-refractivity contribution in [3.63, 3.8) is 0 Å². The highest BCUT2D eigenvalue weighted by Gasteiger charge is 2.20. The second kappa shape index (κ2) is 10.4. The highest BCUT2D eigenvalue weighted by atomic mass is 79.9. The molecule has 0 aliphatic heterocycles. The van der Waals surface area contributed by atoms with Crippen LogP contribution in [0.5, 0.6) is 0 Å². The van der Waals surface area contributed by atoms with Gasteiger partial charge in [0.2, 0.25) is 12.7 Å². The summed E-state index contributed by atoms with van der Waals surface area (Å²) in [6.07, 6.45) is 4.44. The van der Waals surface area contributed by atoms with E-state index >= 15 is 0 Å². The van der Waals surface area contributed by atoms with E-state index in [0.29, 0.717) is 0 Å². The molecular formula is C28H24Br2N4. The Balaban J connectivity index is 0.00000137. The summed E-state index contributed by atoms with van der Waals surface area (Å²) in [7, 11) is 0. The van der Waals surface area contributed by atoms with Gasteiger partial charge in [-0.1, -0.05) is 60.7 Å². The average molecular weight is 576 g/mol. The lowest BCUT2D eigenvalue weighted by Crippen LogP contribution is -3.00. The summed E-state index contributed by atoms with van der Waals surface area (Å²) < 4.78 is 9.24. The molecular weight excluding hydrogens is 552 g/mol. The van der Waals surface area contributed by atoms with Crippen molar-refractivity contribution in [1.29, 1.82) is 0 Å². The Hall–Kier alpha value is -3.22. The number of para-hydroxylation sites is 6. The summed E-state index contributed by atoms with van der Waals surface area (Å²) in [5, 5.41) is 0. The maximum atomic E-state index is 2.35. The van der Waals surface area contributed by atoms with Crippen LogP contribution < -0.4 is 43.1 Å². The van der Waals surface area contributed by atoms with E-state index in [1.807, 2.05) is 0 Å². The number of aromatic nitrogens is 4. The van der Waals surface area contributed by atoms with Crippen molar-refractivity contribution < 1.29 is 43.1 Å². The molecule has 6 aromatic rings. The molecule has 0 atom stereocenters. The van der Waals surface area contributed by atoms with E-state index in [4.69, 9.17) is 0 Å². The highest BCUT2D eigenvalue weighted by molar-refractivity contribution is 5.73. The van der Waals surface area contributed by atoms with Gasteiger partial charge < -0.3 is 34.0 Å². The molecule has 4 nitrogen and oxygen atoms in total. The minimum Gasteiger partial charge on any atom is -1.00 e. The molecule has 0 spiro atoms. The number of hydrogen-bond acceptors (Lipinski definition) is 0. The lowest BCUT2D eigenvalue weighted by atomic mass is 10.3. The van der Waals surface area contributed by atoms with Crippen LogP contribution >= 0.6 is 0 Å². The molecule has 0 unspecified atom stereocenters. The Labute approximate surface area is 219 Å². The number of aryl methyl sites for hydroxylation is 2. The molecule has 0 saturated carbocycles. The second-order valence-electron chi connectivity index (χ2n) is 8.01. The summed E-state index contributed by atoms with van der Waals surface area (Å²) in [4.78, 5) is 0. The van der Waals surface area contributed by atoms with Crippen molar-refractivity contribution in [3.8, 4) is 11.4 Å². The smallest absolute Gasteiger partial charge is 0.250 e. The van der Waals surface area contributed by atoms with E-state index in [-0.39, 0.29) is 34.0 Å². The molecule has 6 rings (SSSR count). The first-order valence-electron chi connectivity index (χ1n) is 11.0. The van der Waals surface area contributed by atoms with E-state index in [9.17, 15) is 0 Å². The van der Waals surface area contributed by atoms with Gasteiger partial charge in [0.25, 0.3) is 0 Å². The molecule has 0 fully saturated rings. The Kier molecular flexibility index (Phi) is 7.29. The standard InChI is InChI=1S/C28H24N4.2BrH/c1-3-11-23(12-4-1)31-21-29(25-15-7-9-17-27(25)31)19-20-30-22-32(24-13-5-2-6-14-24)28-18-10-8-16-26(28)30;;/h1-18,21-22H,19-20H2;2*1H/q+2;;/p-2. The van der Waals surface area contributed by atoms with Gasteiger partial charge in [-0.05, 0) is 48.5 Å². The van der Waals surface area contributed by atoms with Crippen molar-refractivity contribution >= 4 is 22.1 Å². The zero-order valence-electron chi connectivity index (χ0n) is 18.5. The van der Waals surface area contributed by atoms with Gasteiger partial charge in [-0.3, -0.25) is 0 Å². The fourth-order valence-electron chi connectivity index (χ4n) is 4.51. The quantitative estimate of drug-likeness (QED) is 0.231. The monoisotopic (exact) mass is 574 g/mol. The van der Waals surface area contributed by atoms with Crippen molar-refractivity contribution in [2.75, 3.05) is 0 Å². The Bertz CT molecular complexity index is 1400. The van der Waals surface area contributed by atoms with Crippen LogP contribution in [0, 0.1) is 0 Å². The first-order chi connectivity index (χ1) is 15.9. The predicted octanol–water partition coefficient (Wildman–Crippen LogP) is -1.14. The van der Waals surface area contributed by atoms with Crippen molar-refractivity contribution in [3.05, 3.63) is 122 Å². The van der Waals surface area contributed by atoms with Gasteiger partial charge in [-0.2, -0.15) is 9.13 Å². The maximum absolute atomic E-state index is 2.35. The number of fused-ring (bicyclic) bond motifs is 2. The van der Waals surface area contributed by atoms with Gasteiger partial charge in [-0.25, -0.2) is 9.13 Å². The molecule has 0 bridgehead atoms. The molecule has 2 heterocycles. The summed E-state index contributed by atoms with van der Waals surface area (Å²) >= 11 is 0. The van der Waals surface area contributed by atoms with Crippen LogP contribution in [0.2, 0.25) is 0 Å². The predicted molar refractivity (Wildman–Crippen MR) is 127 cm³/mol. The largest absolute Gasteiger partial charge is 1.00 e. The number of benzene rings is 4. The van der Waals surface area contributed by atoms with E-state index in [1.54, 1.807) is 0 Å². The lowest BCUT2D eigenvalue weighted by Gasteiger charge is -1.97. The van der Waals surface area contributed by atoms with E-state index < -0.39 is 0 Å². The zero-order chi connectivity index (χ0) is 21.3. The summed E-state index contributed by atoms with van der Waals surface area (Å²) in [5.74, 6) is 0. The average Bonchev–Trinajstić information content (AvgIpc) is 3.43. The third-order valence-corrected chi connectivity index (χ3v) is 6.06. The minimum atomic E-state index is 0. The molecule has 2 aromatic heterocycles. The first kappa shape index (κ1) is 23.9. The molecule has 170 valence electrons. The highest BCUT2D eigenvalue weighted by Crippen LogP contribution is 2.16. The molecule has 0 aliphatic rings. The van der Waals surface area contributed by atoms with Gasteiger partial charge >= 0.3 is 0 Å². The van der Waals surface area contributed by atoms with E-state index in [0.717, 1.165) is 13.1 Å². The van der Waals surface area contributed by atoms with Crippen LogP contribution in [0.3, 0.4) is 0 Å². The van der Waals surface area contributed by atoms with Crippen molar-refractivity contribution in [1.82, 2.24) is 9.13 Å². The van der Waals surface area contributed by atoms with Crippen LogP contribution in [0.15, 0.2) is 122 Å². The van der Waals surface area contributed by atoms with Crippen molar-refractivity contribution in [2.45, 2.75) is 13.1 Å². The van der Waals surface area contributed by atoms with Gasteiger partial charge in [0, 0.05) is 0 Å². The zero-order valence-corrected chi connectivity index (χ0v) is 21.7. The normalized spacial score (nSPS) is 10.7. The van der Waals surface area contributed by atoms with Crippen LogP contribution in [0.4, 0.5) is 0 Å². The molecule has 0 N–H and O–H groups in total. The fourth-order valence-corrected chi connectivity index (χ4v) is 4.51. The fraction of sp³-hybridized carbons (Fsp3) is 0.0714. The number of halogens is 2. The number of imidazole rings is 2. The van der Waals surface area contributed by atoms with Gasteiger partial charge in [0.15, 0.2) is 22.1 Å². The molecule has 0 aliphatic carbocycles. The number of hydrogen-bond donors (Lipinski definition) is 0. The van der Waals surface area contributed by atoms with Crippen molar-refractivity contribution in [2.24, 2.45) is 0 Å². The Morgan fingerprint density at radius 2 is 0.794 bits per heavy atom.